The molecule has 2 aliphatic rings. The topological polar surface area (TPSA) is 57.5 Å². The Morgan fingerprint density at radius 2 is 2.00 bits per heavy atom. The van der Waals surface area contributed by atoms with Crippen LogP contribution in [0.25, 0.3) is 0 Å². The molecule has 1 aromatic heterocycles. The van der Waals surface area contributed by atoms with Crippen LogP contribution in [-0.2, 0) is 6.54 Å². The van der Waals surface area contributed by atoms with Gasteiger partial charge in [0, 0.05) is 45.0 Å². The molecule has 3 rings (SSSR count). The predicted octanol–water partition coefficient (Wildman–Crippen LogP) is 1.76. The summed E-state index contributed by atoms with van der Waals surface area (Å²) in [4.78, 5) is 7.08. The van der Waals surface area contributed by atoms with Gasteiger partial charge in [0.2, 0.25) is 0 Å². The molecule has 2 N–H and O–H groups in total. The van der Waals surface area contributed by atoms with Crippen molar-refractivity contribution in [1.82, 2.24) is 25.3 Å². The van der Waals surface area contributed by atoms with E-state index in [1.54, 1.807) is 0 Å². The lowest BCUT2D eigenvalue weighted by Gasteiger charge is -2.36. The Labute approximate surface area is 145 Å². The molecule has 6 heteroatoms. The fourth-order valence-electron chi connectivity index (χ4n) is 3.94. The van der Waals surface area contributed by atoms with Crippen LogP contribution in [0.15, 0.2) is 17.4 Å². The summed E-state index contributed by atoms with van der Waals surface area (Å²) in [5.74, 6) is 0.915. The van der Waals surface area contributed by atoms with Gasteiger partial charge >= 0.3 is 0 Å². The summed E-state index contributed by atoms with van der Waals surface area (Å²) in [6.07, 6.45) is 12.1. The van der Waals surface area contributed by atoms with E-state index in [2.05, 4.69) is 38.7 Å². The molecule has 0 radical (unpaired) electrons. The number of hydrogen-bond acceptors (Lipinski definition) is 3. The predicted molar refractivity (Wildman–Crippen MR) is 98.3 cm³/mol. The molecular formula is C18H32N6. The van der Waals surface area contributed by atoms with Crippen LogP contribution in [0.3, 0.4) is 0 Å². The fraction of sp³-hybridized carbons (Fsp3) is 0.778. The second-order valence-electron chi connectivity index (χ2n) is 7.17. The van der Waals surface area contributed by atoms with Gasteiger partial charge in [-0.1, -0.05) is 12.8 Å². The molecule has 0 amide bonds. The van der Waals surface area contributed by atoms with Gasteiger partial charge in [-0.3, -0.25) is 9.67 Å². The zero-order valence-corrected chi connectivity index (χ0v) is 15.2. The monoisotopic (exact) mass is 332 g/mol. The second kappa shape index (κ2) is 8.51. The molecular weight excluding hydrogens is 300 g/mol. The van der Waals surface area contributed by atoms with Crippen molar-refractivity contribution in [3.05, 3.63) is 18.0 Å². The zero-order valence-electron chi connectivity index (χ0n) is 15.2. The highest BCUT2D eigenvalue weighted by Gasteiger charge is 2.27. The Bertz CT molecular complexity index is 523. The van der Waals surface area contributed by atoms with Gasteiger partial charge < -0.3 is 15.5 Å². The minimum atomic E-state index is 0.542. The van der Waals surface area contributed by atoms with Gasteiger partial charge in [-0.05, 0) is 38.2 Å². The van der Waals surface area contributed by atoms with Crippen molar-refractivity contribution in [2.45, 2.75) is 64.1 Å². The van der Waals surface area contributed by atoms with Crippen molar-refractivity contribution in [3.8, 4) is 0 Å². The van der Waals surface area contributed by atoms with E-state index >= 15 is 0 Å². The third-order valence-corrected chi connectivity index (χ3v) is 5.33. The number of aromatic nitrogens is 2. The molecule has 1 aliphatic carbocycles. The summed E-state index contributed by atoms with van der Waals surface area (Å²) in [6.45, 7) is 6.21. The number of hydrogen-bond donors (Lipinski definition) is 2. The first-order chi connectivity index (χ1) is 11.7. The summed E-state index contributed by atoms with van der Waals surface area (Å²) in [5, 5.41) is 11.3. The normalized spacial score (nSPS) is 21.3. The summed E-state index contributed by atoms with van der Waals surface area (Å²) in [7, 11) is 1.85. The number of guanidine groups is 1. The number of nitrogens with zero attached hydrogens (tertiary/aromatic N) is 4. The van der Waals surface area contributed by atoms with Gasteiger partial charge in [0.05, 0.1) is 12.7 Å². The van der Waals surface area contributed by atoms with Crippen molar-refractivity contribution in [2.75, 3.05) is 26.7 Å². The first-order valence-corrected chi connectivity index (χ1v) is 9.45. The molecule has 0 unspecified atom stereocenters. The second-order valence-corrected chi connectivity index (χ2v) is 7.17. The first kappa shape index (κ1) is 17.3. The summed E-state index contributed by atoms with van der Waals surface area (Å²) in [5.41, 5.74) is 1.20. The van der Waals surface area contributed by atoms with Gasteiger partial charge in [0.25, 0.3) is 0 Å². The molecule has 0 bridgehead atoms. The van der Waals surface area contributed by atoms with Crippen molar-refractivity contribution >= 4 is 5.96 Å². The third kappa shape index (κ3) is 4.72. The van der Waals surface area contributed by atoms with E-state index in [1.807, 2.05) is 17.9 Å². The minimum absolute atomic E-state index is 0.542. The molecule has 0 spiro atoms. The van der Waals surface area contributed by atoms with E-state index in [0.717, 1.165) is 25.1 Å². The van der Waals surface area contributed by atoms with Crippen molar-refractivity contribution < 1.29 is 0 Å². The number of aryl methyl sites for hydroxylation is 1. The zero-order chi connectivity index (χ0) is 16.8. The van der Waals surface area contributed by atoms with Crippen LogP contribution in [0.5, 0.6) is 0 Å². The van der Waals surface area contributed by atoms with Crippen LogP contribution in [0.2, 0.25) is 0 Å². The van der Waals surface area contributed by atoms with Crippen molar-refractivity contribution in [1.29, 1.82) is 0 Å². The Hall–Kier alpha value is -1.56. The largest absolute Gasteiger partial charge is 0.355 e. The molecule has 24 heavy (non-hydrogen) atoms. The molecule has 1 aliphatic heterocycles. The lowest BCUT2D eigenvalue weighted by atomic mass is 10.0. The lowest BCUT2D eigenvalue weighted by molar-refractivity contribution is 0.150. The van der Waals surface area contributed by atoms with Crippen LogP contribution in [-0.4, -0.2) is 59.4 Å². The van der Waals surface area contributed by atoms with Crippen LogP contribution >= 0.6 is 0 Å². The van der Waals surface area contributed by atoms with Crippen LogP contribution in [0, 0.1) is 6.92 Å². The number of rotatable bonds is 5. The molecule has 1 saturated heterocycles. The molecule has 2 heterocycles. The van der Waals surface area contributed by atoms with Crippen LogP contribution in [0.4, 0.5) is 0 Å². The highest BCUT2D eigenvalue weighted by Crippen LogP contribution is 2.26. The van der Waals surface area contributed by atoms with Crippen LogP contribution < -0.4 is 10.6 Å². The Kier molecular flexibility index (Phi) is 6.12. The van der Waals surface area contributed by atoms with Crippen molar-refractivity contribution in [2.24, 2.45) is 4.99 Å². The molecule has 6 nitrogen and oxygen atoms in total. The van der Waals surface area contributed by atoms with Crippen molar-refractivity contribution in [3.63, 3.8) is 0 Å². The Morgan fingerprint density at radius 3 is 2.62 bits per heavy atom. The maximum atomic E-state index is 4.37. The van der Waals surface area contributed by atoms with Gasteiger partial charge in [-0.15, -0.1) is 0 Å². The molecule has 1 aromatic rings. The van der Waals surface area contributed by atoms with E-state index < -0.39 is 0 Å². The number of nitrogens with one attached hydrogen (secondary N) is 2. The van der Waals surface area contributed by atoms with Gasteiger partial charge in [0.15, 0.2) is 5.96 Å². The molecule has 134 valence electrons. The highest BCUT2D eigenvalue weighted by atomic mass is 15.3. The smallest absolute Gasteiger partial charge is 0.191 e. The third-order valence-electron chi connectivity index (χ3n) is 5.33. The first-order valence-electron chi connectivity index (χ1n) is 9.45. The number of piperidine rings is 1. The maximum Gasteiger partial charge on any atom is 0.191 e. The number of likely N-dealkylation sites (tertiary alicyclic amines) is 1. The van der Waals surface area contributed by atoms with Gasteiger partial charge in [-0.2, -0.15) is 5.10 Å². The average Bonchev–Trinajstić information content (AvgIpc) is 3.26. The summed E-state index contributed by atoms with van der Waals surface area (Å²) >= 11 is 0. The van der Waals surface area contributed by atoms with E-state index in [-0.39, 0.29) is 0 Å². The van der Waals surface area contributed by atoms with E-state index in [9.17, 15) is 0 Å². The molecule has 2 fully saturated rings. The molecule has 1 saturated carbocycles. The quantitative estimate of drug-likeness (QED) is 0.637. The summed E-state index contributed by atoms with van der Waals surface area (Å²) in [6, 6.07) is 1.40. The average molecular weight is 332 g/mol. The Balaban J connectivity index is 1.36. The van der Waals surface area contributed by atoms with E-state index in [4.69, 9.17) is 0 Å². The van der Waals surface area contributed by atoms with Crippen LogP contribution in [0.1, 0.15) is 44.1 Å². The maximum absolute atomic E-state index is 4.37. The highest BCUT2D eigenvalue weighted by molar-refractivity contribution is 5.79. The van der Waals surface area contributed by atoms with Gasteiger partial charge in [-0.25, -0.2) is 0 Å². The lowest BCUT2D eigenvalue weighted by Crippen LogP contribution is -2.50. The SMILES string of the molecule is CN=C(NCCn1cc(C)cn1)NC1CCN(C2CCCC2)CC1. The summed E-state index contributed by atoms with van der Waals surface area (Å²) < 4.78 is 1.97. The number of aliphatic imine (C=N–C) groups is 1. The molecule has 0 aromatic carbocycles. The standard InChI is InChI=1S/C18H32N6/c1-15-13-21-24(14-15)12-9-20-18(19-2)22-16-7-10-23(11-8-16)17-5-3-4-6-17/h13-14,16-17H,3-12H2,1-2H3,(H2,19,20,22). The van der Waals surface area contributed by atoms with E-state index in [0.29, 0.717) is 6.04 Å². The fourth-order valence-corrected chi connectivity index (χ4v) is 3.94. The van der Waals surface area contributed by atoms with Gasteiger partial charge in [0.1, 0.15) is 0 Å². The molecule has 0 atom stereocenters. The Morgan fingerprint density at radius 1 is 1.25 bits per heavy atom. The van der Waals surface area contributed by atoms with E-state index in [1.165, 1.54) is 57.2 Å². The minimum Gasteiger partial charge on any atom is -0.355 e.